The van der Waals surface area contributed by atoms with E-state index in [4.69, 9.17) is 5.73 Å². The molecule has 8 heteroatoms. The average molecular weight is 272 g/mol. The first-order chi connectivity index (χ1) is 6.98. The van der Waals surface area contributed by atoms with Crippen LogP contribution in [-0.2, 0) is 19.9 Å². The van der Waals surface area contributed by atoms with Gasteiger partial charge in [-0.3, -0.25) is 0 Å². The van der Waals surface area contributed by atoms with Gasteiger partial charge in [0.25, 0.3) is 0 Å². The van der Waals surface area contributed by atoms with E-state index in [9.17, 15) is 16.8 Å². The summed E-state index contributed by atoms with van der Waals surface area (Å²) in [5.41, 5.74) is 4.78. The predicted octanol–water partition coefficient (Wildman–Crippen LogP) is -0.622. The SMILES string of the molecule is CCC(C)(CN)N(C)S(=O)(=O)CS(C)(=O)=O. The summed E-state index contributed by atoms with van der Waals surface area (Å²) in [5, 5.41) is -0.883. The van der Waals surface area contributed by atoms with Crippen molar-refractivity contribution in [3.63, 3.8) is 0 Å². The van der Waals surface area contributed by atoms with Crippen LogP contribution in [0.15, 0.2) is 0 Å². The van der Waals surface area contributed by atoms with Gasteiger partial charge >= 0.3 is 0 Å². The largest absolute Gasteiger partial charge is 0.329 e. The Morgan fingerprint density at radius 3 is 1.94 bits per heavy atom. The van der Waals surface area contributed by atoms with Crippen LogP contribution in [0.4, 0.5) is 0 Å². The van der Waals surface area contributed by atoms with Gasteiger partial charge in [-0.05, 0) is 13.3 Å². The van der Waals surface area contributed by atoms with Crippen molar-refractivity contribution in [2.24, 2.45) is 5.73 Å². The van der Waals surface area contributed by atoms with Crippen LogP contribution in [0.1, 0.15) is 20.3 Å². The molecule has 16 heavy (non-hydrogen) atoms. The van der Waals surface area contributed by atoms with Gasteiger partial charge in [-0.1, -0.05) is 6.92 Å². The van der Waals surface area contributed by atoms with E-state index in [-0.39, 0.29) is 6.54 Å². The van der Waals surface area contributed by atoms with E-state index < -0.39 is 30.5 Å². The Balaban J connectivity index is 5.20. The number of nitrogens with two attached hydrogens (primary N) is 1. The molecule has 0 bridgehead atoms. The third-order valence-corrected chi connectivity index (χ3v) is 6.92. The first kappa shape index (κ1) is 15.8. The summed E-state index contributed by atoms with van der Waals surface area (Å²) >= 11 is 0. The maximum absolute atomic E-state index is 11.8. The minimum absolute atomic E-state index is 0.142. The van der Waals surface area contributed by atoms with Crippen molar-refractivity contribution in [3.05, 3.63) is 0 Å². The van der Waals surface area contributed by atoms with Gasteiger partial charge in [-0.2, -0.15) is 4.31 Å². The Morgan fingerprint density at radius 1 is 1.25 bits per heavy atom. The fourth-order valence-corrected chi connectivity index (χ4v) is 4.85. The number of hydrogen-bond donors (Lipinski definition) is 1. The van der Waals surface area contributed by atoms with Crippen LogP contribution in [0, 0.1) is 0 Å². The highest BCUT2D eigenvalue weighted by Gasteiger charge is 2.36. The topological polar surface area (TPSA) is 97.5 Å². The zero-order chi connectivity index (χ0) is 13.2. The van der Waals surface area contributed by atoms with Gasteiger partial charge in [0.1, 0.15) is 0 Å². The quantitative estimate of drug-likeness (QED) is 0.695. The van der Waals surface area contributed by atoms with E-state index in [1.165, 1.54) is 7.05 Å². The standard InChI is InChI=1S/C8H20N2O4S2/c1-5-8(2,6-9)10(3)16(13,14)7-15(4,11)12/h5-7,9H2,1-4H3. The van der Waals surface area contributed by atoms with Gasteiger partial charge in [-0.25, -0.2) is 16.8 Å². The number of likely N-dealkylation sites (N-methyl/N-ethyl adjacent to an activating group) is 1. The summed E-state index contributed by atoms with van der Waals surface area (Å²) in [6.07, 6.45) is 1.41. The van der Waals surface area contributed by atoms with Crippen LogP contribution >= 0.6 is 0 Å². The highest BCUT2D eigenvalue weighted by molar-refractivity contribution is 8.06. The summed E-state index contributed by atoms with van der Waals surface area (Å²) in [6.45, 7) is 3.63. The number of sulfone groups is 1. The van der Waals surface area contributed by atoms with Crippen molar-refractivity contribution in [3.8, 4) is 0 Å². The molecule has 0 aromatic rings. The summed E-state index contributed by atoms with van der Waals surface area (Å²) in [4.78, 5) is 0. The van der Waals surface area contributed by atoms with Crippen molar-refractivity contribution in [1.29, 1.82) is 0 Å². The molecule has 0 aliphatic heterocycles. The third-order valence-electron chi connectivity index (χ3n) is 2.74. The van der Waals surface area contributed by atoms with Crippen molar-refractivity contribution in [2.75, 3.05) is 24.9 Å². The molecule has 0 heterocycles. The molecule has 98 valence electrons. The lowest BCUT2D eigenvalue weighted by molar-refractivity contribution is 0.241. The van der Waals surface area contributed by atoms with Gasteiger partial charge < -0.3 is 5.73 Å². The second kappa shape index (κ2) is 4.99. The van der Waals surface area contributed by atoms with Crippen LogP contribution in [0.25, 0.3) is 0 Å². The lowest BCUT2D eigenvalue weighted by atomic mass is 10.00. The molecule has 0 aromatic carbocycles. The molecule has 0 rings (SSSR count). The molecular formula is C8H20N2O4S2. The summed E-state index contributed by atoms with van der Waals surface area (Å²) in [6, 6.07) is 0. The van der Waals surface area contributed by atoms with Gasteiger partial charge in [0, 0.05) is 25.4 Å². The Bertz CT molecular complexity index is 423. The third kappa shape index (κ3) is 4.00. The van der Waals surface area contributed by atoms with E-state index >= 15 is 0 Å². The van der Waals surface area contributed by atoms with E-state index in [1.807, 2.05) is 0 Å². The minimum atomic E-state index is -3.83. The highest BCUT2D eigenvalue weighted by Crippen LogP contribution is 2.20. The van der Waals surface area contributed by atoms with E-state index in [0.29, 0.717) is 6.42 Å². The summed E-state index contributed by atoms with van der Waals surface area (Å²) in [5.74, 6) is 0. The number of hydrogen-bond acceptors (Lipinski definition) is 5. The van der Waals surface area contributed by atoms with Gasteiger partial charge in [0.05, 0.1) is 0 Å². The number of sulfonamides is 1. The smallest absolute Gasteiger partial charge is 0.228 e. The summed E-state index contributed by atoms with van der Waals surface area (Å²) in [7, 11) is -6.05. The molecule has 0 amide bonds. The molecule has 6 nitrogen and oxygen atoms in total. The fraction of sp³-hybridized carbons (Fsp3) is 1.00. The zero-order valence-electron chi connectivity index (χ0n) is 10.1. The van der Waals surface area contributed by atoms with Crippen LogP contribution in [0.5, 0.6) is 0 Å². The predicted molar refractivity (Wildman–Crippen MR) is 64.1 cm³/mol. The van der Waals surface area contributed by atoms with Crippen molar-refractivity contribution in [1.82, 2.24) is 4.31 Å². The monoisotopic (exact) mass is 272 g/mol. The van der Waals surface area contributed by atoms with Crippen LogP contribution < -0.4 is 5.73 Å². The molecule has 0 aliphatic rings. The molecule has 0 fully saturated rings. The fourth-order valence-electron chi connectivity index (χ4n) is 1.18. The Hall–Kier alpha value is -0.180. The lowest BCUT2D eigenvalue weighted by Gasteiger charge is -2.35. The second-order valence-corrected chi connectivity index (χ2v) is 8.68. The van der Waals surface area contributed by atoms with Crippen molar-refractivity contribution >= 4 is 19.9 Å². The molecule has 0 spiro atoms. The Kier molecular flexibility index (Phi) is 4.93. The van der Waals surface area contributed by atoms with E-state index in [2.05, 4.69) is 0 Å². The maximum atomic E-state index is 11.8. The molecule has 2 N–H and O–H groups in total. The van der Waals surface area contributed by atoms with Crippen LogP contribution in [0.3, 0.4) is 0 Å². The average Bonchev–Trinajstić information content (AvgIpc) is 2.11. The zero-order valence-corrected chi connectivity index (χ0v) is 11.7. The maximum Gasteiger partial charge on any atom is 0.228 e. The van der Waals surface area contributed by atoms with E-state index in [1.54, 1.807) is 13.8 Å². The van der Waals surface area contributed by atoms with Gasteiger partial charge in [-0.15, -0.1) is 0 Å². The minimum Gasteiger partial charge on any atom is -0.329 e. The molecule has 0 aliphatic carbocycles. The van der Waals surface area contributed by atoms with Crippen LogP contribution in [0.2, 0.25) is 0 Å². The molecule has 0 radical (unpaired) electrons. The molecular weight excluding hydrogens is 252 g/mol. The molecule has 1 atom stereocenters. The van der Waals surface area contributed by atoms with Crippen molar-refractivity contribution in [2.45, 2.75) is 25.8 Å². The molecule has 1 unspecified atom stereocenters. The Labute approximate surface area is 97.8 Å². The van der Waals surface area contributed by atoms with Gasteiger partial charge in [0.2, 0.25) is 10.0 Å². The number of nitrogens with zero attached hydrogens (tertiary/aromatic N) is 1. The first-order valence-electron chi connectivity index (χ1n) is 4.83. The molecule has 0 saturated heterocycles. The van der Waals surface area contributed by atoms with Crippen molar-refractivity contribution < 1.29 is 16.8 Å². The lowest BCUT2D eigenvalue weighted by Crippen LogP contribution is -2.52. The van der Waals surface area contributed by atoms with E-state index in [0.717, 1.165) is 10.6 Å². The Morgan fingerprint density at radius 2 is 1.69 bits per heavy atom. The first-order valence-corrected chi connectivity index (χ1v) is 8.50. The summed E-state index contributed by atoms with van der Waals surface area (Å²) < 4.78 is 46.7. The van der Waals surface area contributed by atoms with Crippen LogP contribution in [-0.4, -0.2) is 51.6 Å². The number of rotatable bonds is 6. The normalized spacial score (nSPS) is 17.4. The molecule has 0 aromatic heterocycles. The van der Waals surface area contributed by atoms with Gasteiger partial charge in [0.15, 0.2) is 14.9 Å². The second-order valence-electron chi connectivity index (χ2n) is 4.18. The molecule has 0 saturated carbocycles. The highest BCUT2D eigenvalue weighted by atomic mass is 32.3.